The van der Waals surface area contributed by atoms with Crippen LogP contribution >= 0.6 is 11.8 Å². The maximum absolute atomic E-state index is 12.2. The highest BCUT2D eigenvalue weighted by molar-refractivity contribution is 7.98. The molecule has 3 nitrogen and oxygen atoms in total. The van der Waals surface area contributed by atoms with Gasteiger partial charge < -0.3 is 10.6 Å². The Morgan fingerprint density at radius 3 is 2.70 bits per heavy atom. The lowest BCUT2D eigenvalue weighted by Crippen LogP contribution is -2.25. The second-order valence-electron chi connectivity index (χ2n) is 4.78. The fraction of sp³-hybridized carbons (Fsp3) is 0.562. The minimum absolute atomic E-state index is 0.0223. The molecule has 0 atom stereocenters. The quantitative estimate of drug-likeness (QED) is 0.645. The molecule has 0 aliphatic rings. The van der Waals surface area contributed by atoms with Gasteiger partial charge in [-0.3, -0.25) is 4.79 Å². The van der Waals surface area contributed by atoms with Gasteiger partial charge in [-0.15, -0.1) is 0 Å². The van der Waals surface area contributed by atoms with Gasteiger partial charge in [-0.1, -0.05) is 25.5 Å². The molecular weight excluding hydrogens is 268 g/mol. The molecule has 1 aromatic rings. The molecule has 0 aliphatic heterocycles. The van der Waals surface area contributed by atoms with Crippen molar-refractivity contribution in [2.24, 2.45) is 0 Å². The third-order valence-corrected chi connectivity index (χ3v) is 3.74. The van der Waals surface area contributed by atoms with E-state index in [1.807, 2.05) is 36.0 Å². The van der Waals surface area contributed by atoms with E-state index in [4.69, 9.17) is 0 Å². The van der Waals surface area contributed by atoms with Crippen molar-refractivity contribution in [3.8, 4) is 0 Å². The van der Waals surface area contributed by atoms with Crippen molar-refractivity contribution in [1.29, 1.82) is 0 Å². The van der Waals surface area contributed by atoms with Crippen molar-refractivity contribution >= 4 is 23.4 Å². The van der Waals surface area contributed by atoms with Crippen LogP contribution in [-0.4, -0.2) is 31.0 Å². The number of thioether (sulfide) groups is 1. The van der Waals surface area contributed by atoms with Gasteiger partial charge in [0.25, 0.3) is 5.91 Å². The summed E-state index contributed by atoms with van der Waals surface area (Å²) in [5.74, 6) is 1.23. The van der Waals surface area contributed by atoms with Crippen LogP contribution in [0.1, 0.15) is 43.0 Å². The fourth-order valence-electron chi connectivity index (χ4n) is 1.94. The molecule has 0 radical (unpaired) electrons. The number of unbranched alkanes of at least 4 members (excludes halogenated alkanes) is 2. The Hall–Kier alpha value is -1.16. The zero-order chi connectivity index (χ0) is 14.6. The zero-order valence-corrected chi connectivity index (χ0v) is 13.4. The van der Waals surface area contributed by atoms with Gasteiger partial charge >= 0.3 is 0 Å². The highest BCUT2D eigenvalue weighted by Gasteiger charge is 2.09. The molecule has 2 N–H and O–H groups in total. The molecule has 4 heteroatoms. The van der Waals surface area contributed by atoms with E-state index in [0.29, 0.717) is 0 Å². The van der Waals surface area contributed by atoms with Gasteiger partial charge in [-0.05, 0) is 43.4 Å². The van der Waals surface area contributed by atoms with Crippen molar-refractivity contribution < 1.29 is 4.79 Å². The molecule has 20 heavy (non-hydrogen) atoms. The summed E-state index contributed by atoms with van der Waals surface area (Å²) in [6.45, 7) is 3.76. The Kier molecular flexibility index (Phi) is 8.96. The minimum Gasteiger partial charge on any atom is -0.384 e. The van der Waals surface area contributed by atoms with E-state index < -0.39 is 0 Å². The highest BCUT2D eigenvalue weighted by atomic mass is 32.2. The molecule has 0 saturated carbocycles. The first-order valence-electron chi connectivity index (χ1n) is 7.39. The number of carbonyl (C=O) groups is 1. The van der Waals surface area contributed by atoms with Crippen molar-refractivity contribution in [2.45, 2.75) is 32.6 Å². The number of hydrogen-bond donors (Lipinski definition) is 2. The van der Waals surface area contributed by atoms with E-state index >= 15 is 0 Å². The number of rotatable bonds is 10. The first-order valence-corrected chi connectivity index (χ1v) is 8.79. The molecule has 0 heterocycles. The monoisotopic (exact) mass is 294 g/mol. The first-order chi connectivity index (χ1) is 9.79. The average molecular weight is 294 g/mol. The lowest BCUT2D eigenvalue weighted by Gasteiger charge is -2.11. The third-order valence-electron chi connectivity index (χ3n) is 3.05. The van der Waals surface area contributed by atoms with E-state index in [-0.39, 0.29) is 5.91 Å². The maximum atomic E-state index is 12.2. The summed E-state index contributed by atoms with van der Waals surface area (Å²) < 4.78 is 0. The van der Waals surface area contributed by atoms with E-state index in [1.54, 1.807) is 0 Å². The van der Waals surface area contributed by atoms with Gasteiger partial charge in [0.2, 0.25) is 0 Å². The van der Waals surface area contributed by atoms with Crippen molar-refractivity contribution in [3.63, 3.8) is 0 Å². The molecule has 1 rings (SSSR count). The SMILES string of the molecule is CCCNc1ccccc1C(=O)NCCCCCSC. The molecule has 1 amide bonds. The van der Waals surface area contributed by atoms with Crippen LogP contribution in [-0.2, 0) is 0 Å². The molecule has 1 aromatic carbocycles. The van der Waals surface area contributed by atoms with Gasteiger partial charge in [0.1, 0.15) is 0 Å². The van der Waals surface area contributed by atoms with Gasteiger partial charge in [0.05, 0.1) is 5.56 Å². The number of para-hydroxylation sites is 1. The lowest BCUT2D eigenvalue weighted by atomic mass is 10.1. The Morgan fingerprint density at radius 2 is 1.95 bits per heavy atom. The summed E-state index contributed by atoms with van der Waals surface area (Å²) in [4.78, 5) is 12.2. The Morgan fingerprint density at radius 1 is 1.15 bits per heavy atom. The second kappa shape index (κ2) is 10.6. The molecule has 0 fully saturated rings. The average Bonchev–Trinajstić information content (AvgIpc) is 2.48. The van der Waals surface area contributed by atoms with Crippen LogP contribution in [0.3, 0.4) is 0 Å². The number of anilines is 1. The van der Waals surface area contributed by atoms with Crippen molar-refractivity contribution in [1.82, 2.24) is 5.32 Å². The minimum atomic E-state index is 0.0223. The van der Waals surface area contributed by atoms with E-state index in [1.165, 1.54) is 18.6 Å². The molecule has 0 spiro atoms. The molecule has 0 aliphatic carbocycles. The summed E-state index contributed by atoms with van der Waals surface area (Å²) >= 11 is 1.88. The Balaban J connectivity index is 2.38. The standard InChI is InChI=1S/C16H26N2OS/c1-3-11-17-15-10-6-5-9-14(15)16(19)18-12-7-4-8-13-20-2/h5-6,9-10,17H,3-4,7-8,11-13H2,1-2H3,(H,18,19). The maximum Gasteiger partial charge on any atom is 0.253 e. The predicted octanol–water partition coefficient (Wildman–Crippen LogP) is 3.77. The Labute approximate surface area is 126 Å². The van der Waals surface area contributed by atoms with Crippen LogP contribution in [0.5, 0.6) is 0 Å². The van der Waals surface area contributed by atoms with Gasteiger partial charge in [0, 0.05) is 18.8 Å². The van der Waals surface area contributed by atoms with Gasteiger partial charge in [-0.2, -0.15) is 11.8 Å². The van der Waals surface area contributed by atoms with Gasteiger partial charge in [0.15, 0.2) is 0 Å². The Bertz CT molecular complexity index is 396. The fourth-order valence-corrected chi connectivity index (χ4v) is 2.43. The molecular formula is C16H26N2OS. The number of benzene rings is 1. The van der Waals surface area contributed by atoms with Crippen LogP contribution in [0.4, 0.5) is 5.69 Å². The summed E-state index contributed by atoms with van der Waals surface area (Å²) in [6, 6.07) is 7.70. The van der Waals surface area contributed by atoms with Crippen LogP contribution in [0.25, 0.3) is 0 Å². The number of amides is 1. The smallest absolute Gasteiger partial charge is 0.253 e. The van der Waals surface area contributed by atoms with Crippen LogP contribution < -0.4 is 10.6 Å². The largest absolute Gasteiger partial charge is 0.384 e. The van der Waals surface area contributed by atoms with E-state index in [2.05, 4.69) is 23.8 Å². The molecule has 0 saturated heterocycles. The lowest BCUT2D eigenvalue weighted by molar-refractivity contribution is 0.0954. The number of nitrogens with one attached hydrogen (secondary N) is 2. The van der Waals surface area contributed by atoms with Crippen molar-refractivity contribution in [2.75, 3.05) is 30.4 Å². The van der Waals surface area contributed by atoms with Gasteiger partial charge in [-0.25, -0.2) is 0 Å². The van der Waals surface area contributed by atoms with Crippen LogP contribution in [0.15, 0.2) is 24.3 Å². The summed E-state index contributed by atoms with van der Waals surface area (Å²) in [6.07, 6.45) is 6.63. The van der Waals surface area contributed by atoms with Crippen LogP contribution in [0, 0.1) is 0 Å². The number of hydrogen-bond acceptors (Lipinski definition) is 3. The van der Waals surface area contributed by atoms with Crippen LogP contribution in [0.2, 0.25) is 0 Å². The molecule has 0 unspecified atom stereocenters. The second-order valence-corrected chi connectivity index (χ2v) is 5.77. The molecule has 0 aromatic heterocycles. The summed E-state index contributed by atoms with van der Waals surface area (Å²) in [5.41, 5.74) is 1.67. The van der Waals surface area contributed by atoms with E-state index in [9.17, 15) is 4.79 Å². The zero-order valence-electron chi connectivity index (χ0n) is 12.6. The normalized spacial score (nSPS) is 10.3. The predicted molar refractivity (Wildman–Crippen MR) is 89.8 cm³/mol. The molecule has 112 valence electrons. The molecule has 0 bridgehead atoms. The first kappa shape index (κ1) is 16.9. The topological polar surface area (TPSA) is 41.1 Å². The number of carbonyl (C=O) groups excluding carboxylic acids is 1. The summed E-state index contributed by atoms with van der Waals surface area (Å²) in [5, 5.41) is 6.31. The van der Waals surface area contributed by atoms with Crippen molar-refractivity contribution in [3.05, 3.63) is 29.8 Å². The summed E-state index contributed by atoms with van der Waals surface area (Å²) in [7, 11) is 0. The van der Waals surface area contributed by atoms with E-state index in [0.717, 1.165) is 37.2 Å². The third kappa shape index (κ3) is 6.33. The highest BCUT2D eigenvalue weighted by Crippen LogP contribution is 2.14.